The average Bonchev–Trinajstić information content (AvgIpc) is 2.56. The highest BCUT2D eigenvalue weighted by molar-refractivity contribution is 7.14. The van der Waals surface area contributed by atoms with Crippen LogP contribution in [0.2, 0.25) is 0 Å². The van der Waals surface area contributed by atoms with Crippen molar-refractivity contribution in [3.63, 3.8) is 0 Å². The zero-order chi connectivity index (χ0) is 11.4. The first-order valence-electron chi connectivity index (χ1n) is 4.19. The van der Waals surface area contributed by atoms with Crippen LogP contribution in [-0.4, -0.2) is 30.6 Å². The third kappa shape index (κ3) is 2.95. The number of rotatable bonds is 4. The van der Waals surface area contributed by atoms with E-state index in [0.29, 0.717) is 10.6 Å². The van der Waals surface area contributed by atoms with Crippen molar-refractivity contribution < 1.29 is 19.4 Å². The quantitative estimate of drug-likeness (QED) is 0.803. The molecule has 0 aliphatic heterocycles. The van der Waals surface area contributed by atoms with Crippen LogP contribution in [0, 0.1) is 6.92 Å². The van der Waals surface area contributed by atoms with Crippen LogP contribution in [-0.2, 0) is 4.79 Å². The van der Waals surface area contributed by atoms with Gasteiger partial charge in [0.25, 0.3) is 5.91 Å². The summed E-state index contributed by atoms with van der Waals surface area (Å²) in [4.78, 5) is 23.1. The van der Waals surface area contributed by atoms with E-state index in [-0.39, 0.29) is 6.54 Å². The molecule has 15 heavy (non-hydrogen) atoms. The normalized spacial score (nSPS) is 9.73. The fourth-order valence-corrected chi connectivity index (χ4v) is 1.93. The largest absolute Gasteiger partial charge is 0.495 e. The second-order valence-electron chi connectivity index (χ2n) is 2.83. The van der Waals surface area contributed by atoms with E-state index in [1.807, 2.05) is 6.92 Å². The number of amides is 1. The predicted molar refractivity (Wildman–Crippen MR) is 55.6 cm³/mol. The van der Waals surface area contributed by atoms with E-state index in [4.69, 9.17) is 9.84 Å². The lowest BCUT2D eigenvalue weighted by Gasteiger charge is -2.02. The Bertz CT molecular complexity index is 385. The van der Waals surface area contributed by atoms with E-state index in [1.54, 1.807) is 6.07 Å². The predicted octanol–water partition coefficient (Wildman–Crippen LogP) is 0.880. The maximum Gasteiger partial charge on any atom is 0.322 e. The molecule has 1 aromatic heterocycles. The molecule has 5 nitrogen and oxygen atoms in total. The minimum atomic E-state index is -1.07. The van der Waals surface area contributed by atoms with Gasteiger partial charge in [-0.25, -0.2) is 0 Å². The van der Waals surface area contributed by atoms with Crippen LogP contribution >= 0.6 is 11.3 Å². The molecule has 82 valence electrons. The molecule has 1 heterocycles. The summed E-state index contributed by atoms with van der Waals surface area (Å²) in [7, 11) is 1.47. The molecule has 2 N–H and O–H groups in total. The number of nitrogens with one attached hydrogen (secondary N) is 1. The summed E-state index contributed by atoms with van der Waals surface area (Å²) in [5, 5.41) is 10.7. The van der Waals surface area contributed by atoms with Crippen molar-refractivity contribution in [3.8, 4) is 5.75 Å². The molecule has 0 unspecified atom stereocenters. The number of hydrogen-bond donors (Lipinski definition) is 2. The van der Waals surface area contributed by atoms with Crippen molar-refractivity contribution >= 4 is 23.2 Å². The number of carbonyl (C=O) groups is 2. The smallest absolute Gasteiger partial charge is 0.322 e. The van der Waals surface area contributed by atoms with Crippen molar-refractivity contribution in [2.24, 2.45) is 0 Å². The number of methoxy groups -OCH3 is 1. The highest BCUT2D eigenvalue weighted by atomic mass is 32.1. The van der Waals surface area contributed by atoms with Crippen LogP contribution in [0.3, 0.4) is 0 Å². The Hall–Kier alpha value is -1.56. The lowest BCUT2D eigenvalue weighted by molar-refractivity contribution is -0.135. The van der Waals surface area contributed by atoms with Gasteiger partial charge in [0.05, 0.1) is 7.11 Å². The van der Waals surface area contributed by atoms with E-state index < -0.39 is 11.9 Å². The number of carboxylic acids is 1. The molecule has 1 aromatic rings. The standard InChI is InChI=1S/C9H11NO4S/c1-5-3-6(14-2)8(15-5)9(13)10-4-7(11)12/h3H,4H2,1-2H3,(H,10,13)(H,11,12). The van der Waals surface area contributed by atoms with Gasteiger partial charge in [-0.15, -0.1) is 11.3 Å². The Morgan fingerprint density at radius 3 is 2.80 bits per heavy atom. The van der Waals surface area contributed by atoms with Gasteiger partial charge in [0.15, 0.2) is 0 Å². The maximum atomic E-state index is 11.5. The van der Waals surface area contributed by atoms with Gasteiger partial charge in [0.2, 0.25) is 0 Å². The minimum absolute atomic E-state index is 0.390. The van der Waals surface area contributed by atoms with Gasteiger partial charge in [0, 0.05) is 4.88 Å². The van der Waals surface area contributed by atoms with Gasteiger partial charge >= 0.3 is 5.97 Å². The molecule has 0 spiro atoms. The molecule has 0 radical (unpaired) electrons. The Balaban J connectivity index is 2.76. The summed E-state index contributed by atoms with van der Waals surface area (Å²) in [5.41, 5.74) is 0. The molecule has 6 heteroatoms. The first-order chi connectivity index (χ1) is 7.04. The molecule has 0 fully saturated rings. The van der Waals surface area contributed by atoms with Crippen LogP contribution in [0.4, 0.5) is 0 Å². The first-order valence-corrected chi connectivity index (χ1v) is 5.00. The number of carbonyl (C=O) groups excluding carboxylic acids is 1. The Labute approximate surface area is 90.7 Å². The van der Waals surface area contributed by atoms with E-state index in [9.17, 15) is 9.59 Å². The molecule has 0 saturated heterocycles. The van der Waals surface area contributed by atoms with Crippen molar-refractivity contribution in [2.45, 2.75) is 6.92 Å². The van der Waals surface area contributed by atoms with Crippen LogP contribution < -0.4 is 10.1 Å². The van der Waals surface area contributed by atoms with Crippen LogP contribution in [0.25, 0.3) is 0 Å². The van der Waals surface area contributed by atoms with Crippen LogP contribution in [0.15, 0.2) is 6.07 Å². The van der Waals surface area contributed by atoms with Crippen molar-refractivity contribution in [1.82, 2.24) is 5.32 Å². The molecule has 1 amide bonds. The molecular weight excluding hydrogens is 218 g/mol. The van der Waals surface area contributed by atoms with Gasteiger partial charge in [-0.05, 0) is 13.0 Å². The molecule has 0 aliphatic rings. The van der Waals surface area contributed by atoms with Crippen molar-refractivity contribution in [1.29, 1.82) is 0 Å². The van der Waals surface area contributed by atoms with Crippen molar-refractivity contribution in [2.75, 3.05) is 13.7 Å². The lowest BCUT2D eigenvalue weighted by atomic mass is 10.4. The summed E-state index contributed by atoms with van der Waals surface area (Å²) in [6.07, 6.45) is 0. The number of thiophene rings is 1. The number of carboxylic acid groups (broad SMARTS) is 1. The second kappa shape index (κ2) is 4.79. The SMILES string of the molecule is COc1cc(C)sc1C(=O)NCC(=O)O. The molecule has 0 bridgehead atoms. The van der Waals surface area contributed by atoms with E-state index in [0.717, 1.165) is 4.88 Å². The number of ether oxygens (including phenoxy) is 1. The zero-order valence-corrected chi connectivity index (χ0v) is 9.18. The molecular formula is C9H11NO4S. The van der Waals surface area contributed by atoms with Gasteiger partial charge in [-0.1, -0.05) is 0 Å². The Morgan fingerprint density at radius 2 is 2.27 bits per heavy atom. The third-order valence-corrected chi connectivity index (χ3v) is 2.68. The monoisotopic (exact) mass is 229 g/mol. The fourth-order valence-electron chi connectivity index (χ4n) is 1.04. The molecule has 0 saturated carbocycles. The van der Waals surface area contributed by atoms with E-state index in [1.165, 1.54) is 18.4 Å². The molecule has 1 rings (SSSR count). The average molecular weight is 229 g/mol. The van der Waals surface area contributed by atoms with Gasteiger partial charge in [0.1, 0.15) is 17.2 Å². The number of aliphatic carboxylic acids is 1. The van der Waals surface area contributed by atoms with E-state index >= 15 is 0 Å². The molecule has 0 aliphatic carbocycles. The third-order valence-electron chi connectivity index (χ3n) is 1.65. The minimum Gasteiger partial charge on any atom is -0.495 e. The summed E-state index contributed by atoms with van der Waals surface area (Å²) < 4.78 is 5.00. The Morgan fingerprint density at radius 1 is 1.60 bits per heavy atom. The fraction of sp³-hybridized carbons (Fsp3) is 0.333. The summed E-state index contributed by atoms with van der Waals surface area (Å²) in [5.74, 6) is -1.02. The van der Waals surface area contributed by atoms with Gasteiger partial charge in [-0.3, -0.25) is 9.59 Å². The zero-order valence-electron chi connectivity index (χ0n) is 8.36. The van der Waals surface area contributed by atoms with E-state index in [2.05, 4.69) is 5.32 Å². The number of aryl methyl sites for hydroxylation is 1. The second-order valence-corrected chi connectivity index (χ2v) is 4.09. The van der Waals surface area contributed by atoms with Crippen LogP contribution in [0.1, 0.15) is 14.5 Å². The summed E-state index contributed by atoms with van der Waals surface area (Å²) in [6.45, 7) is 1.46. The van der Waals surface area contributed by atoms with Gasteiger partial charge < -0.3 is 15.2 Å². The van der Waals surface area contributed by atoms with Gasteiger partial charge in [-0.2, -0.15) is 0 Å². The topological polar surface area (TPSA) is 75.6 Å². The molecule has 0 aromatic carbocycles. The molecule has 0 atom stereocenters. The lowest BCUT2D eigenvalue weighted by Crippen LogP contribution is -2.28. The summed E-state index contributed by atoms with van der Waals surface area (Å²) in [6, 6.07) is 1.74. The maximum absolute atomic E-state index is 11.5. The number of hydrogen-bond acceptors (Lipinski definition) is 4. The highest BCUT2D eigenvalue weighted by Gasteiger charge is 2.15. The van der Waals surface area contributed by atoms with Crippen LogP contribution in [0.5, 0.6) is 5.75 Å². The first kappa shape index (κ1) is 11.5. The summed E-state index contributed by atoms with van der Waals surface area (Å²) >= 11 is 1.27. The highest BCUT2D eigenvalue weighted by Crippen LogP contribution is 2.28. The Kier molecular flexibility index (Phi) is 3.68. The van der Waals surface area contributed by atoms with Crippen molar-refractivity contribution in [3.05, 3.63) is 15.8 Å².